The van der Waals surface area contributed by atoms with Gasteiger partial charge in [0.2, 0.25) is 0 Å². The van der Waals surface area contributed by atoms with Gasteiger partial charge < -0.3 is 15.4 Å². The van der Waals surface area contributed by atoms with Crippen LogP contribution in [0.15, 0.2) is 48.9 Å². The van der Waals surface area contributed by atoms with E-state index in [-0.39, 0.29) is 0 Å². The maximum Gasteiger partial charge on any atom is 0.263 e. The van der Waals surface area contributed by atoms with E-state index in [2.05, 4.69) is 30.6 Å². The van der Waals surface area contributed by atoms with Crippen LogP contribution in [0.1, 0.15) is 12.8 Å². The van der Waals surface area contributed by atoms with Crippen LogP contribution in [0.25, 0.3) is 11.5 Å². The third kappa shape index (κ3) is 4.32. The third-order valence-electron chi connectivity index (χ3n) is 4.26. The molecule has 27 heavy (non-hydrogen) atoms. The molecular weight excluding hydrogens is 364 g/mol. The molecule has 0 radical (unpaired) electrons. The van der Waals surface area contributed by atoms with Crippen LogP contribution in [0, 0.1) is 0 Å². The number of halogens is 1. The lowest BCUT2D eigenvalue weighted by atomic mass is 10.2. The predicted molar refractivity (Wildman–Crippen MR) is 104 cm³/mol. The first-order valence-corrected chi connectivity index (χ1v) is 9.21. The van der Waals surface area contributed by atoms with E-state index in [1.807, 2.05) is 12.1 Å². The molecule has 7 nitrogen and oxygen atoms in total. The zero-order chi connectivity index (χ0) is 18.5. The molecule has 0 bridgehead atoms. The van der Waals surface area contributed by atoms with Crippen LogP contribution in [-0.4, -0.2) is 39.1 Å². The Morgan fingerprint density at radius 3 is 2.78 bits per heavy atom. The predicted octanol–water partition coefficient (Wildman–Crippen LogP) is 3.54. The summed E-state index contributed by atoms with van der Waals surface area (Å²) in [7, 11) is 0. The number of hydrogen-bond donors (Lipinski definition) is 2. The molecule has 138 valence electrons. The van der Waals surface area contributed by atoms with Crippen molar-refractivity contribution in [2.24, 2.45) is 0 Å². The average molecular weight is 383 g/mol. The molecular formula is C19H19ClN6O. The molecule has 0 unspecified atom stereocenters. The summed E-state index contributed by atoms with van der Waals surface area (Å²) in [6.45, 7) is 1.79. The van der Waals surface area contributed by atoms with E-state index >= 15 is 0 Å². The topological polar surface area (TPSA) is 84.9 Å². The van der Waals surface area contributed by atoms with Crippen LogP contribution in [0.5, 0.6) is 11.6 Å². The fourth-order valence-corrected chi connectivity index (χ4v) is 3.06. The lowest BCUT2D eigenvalue weighted by molar-refractivity contribution is 0.462. The summed E-state index contributed by atoms with van der Waals surface area (Å²) in [5.41, 5.74) is 0.530. The number of hydrogen-bond acceptors (Lipinski definition) is 7. The smallest absolute Gasteiger partial charge is 0.263 e. The van der Waals surface area contributed by atoms with Crippen LogP contribution in [-0.2, 0) is 0 Å². The van der Waals surface area contributed by atoms with Crippen LogP contribution < -0.4 is 15.4 Å². The number of anilines is 1. The standard InChI is InChI=1S/C19H19ClN6O/c20-14-6-1-2-7-16(14)27-19-18(24-11-13-5-3-8-21-13)25-12-15(26-19)17-22-9-4-10-23-17/h1-2,4,6-7,9-10,12-13,21H,3,5,8,11H2,(H,24,25)/t13-/m0/s1. The Hall–Kier alpha value is -2.77. The molecule has 0 aliphatic carbocycles. The van der Waals surface area contributed by atoms with E-state index in [0.29, 0.717) is 40.0 Å². The first-order valence-electron chi connectivity index (χ1n) is 8.83. The molecule has 1 aliphatic rings. The second-order valence-electron chi connectivity index (χ2n) is 6.19. The van der Waals surface area contributed by atoms with Crippen molar-refractivity contribution in [1.29, 1.82) is 0 Å². The number of aromatic nitrogens is 4. The Morgan fingerprint density at radius 1 is 1.15 bits per heavy atom. The lowest BCUT2D eigenvalue weighted by Gasteiger charge is -2.15. The molecule has 2 aromatic heterocycles. The first-order chi connectivity index (χ1) is 13.3. The molecule has 3 heterocycles. The summed E-state index contributed by atoms with van der Waals surface area (Å²) in [5, 5.41) is 7.28. The van der Waals surface area contributed by atoms with E-state index in [1.165, 1.54) is 6.42 Å². The number of rotatable bonds is 6. The second-order valence-corrected chi connectivity index (χ2v) is 6.60. The number of nitrogens with one attached hydrogen (secondary N) is 2. The minimum absolute atomic E-state index is 0.339. The summed E-state index contributed by atoms with van der Waals surface area (Å²) in [6, 6.07) is 9.43. The van der Waals surface area contributed by atoms with E-state index in [1.54, 1.807) is 36.8 Å². The SMILES string of the molecule is Clc1ccccc1Oc1nc(-c2ncccn2)cnc1NC[C@@H]1CCCN1. The van der Waals surface area contributed by atoms with Gasteiger partial charge in [0, 0.05) is 25.0 Å². The second kappa shape index (κ2) is 8.28. The van der Waals surface area contributed by atoms with Crippen LogP contribution in [0.3, 0.4) is 0 Å². The molecule has 1 atom stereocenters. The maximum atomic E-state index is 6.24. The minimum Gasteiger partial charge on any atom is -0.434 e. The summed E-state index contributed by atoms with van der Waals surface area (Å²) in [4.78, 5) is 17.5. The Balaban J connectivity index is 1.63. The van der Waals surface area contributed by atoms with Gasteiger partial charge in [-0.05, 0) is 37.6 Å². The summed E-state index contributed by atoms with van der Waals surface area (Å²) in [6.07, 6.45) is 7.29. The van der Waals surface area contributed by atoms with Gasteiger partial charge in [0.15, 0.2) is 11.6 Å². The van der Waals surface area contributed by atoms with Gasteiger partial charge in [-0.1, -0.05) is 23.7 Å². The summed E-state index contributed by atoms with van der Waals surface area (Å²) < 4.78 is 5.97. The maximum absolute atomic E-state index is 6.24. The first kappa shape index (κ1) is 17.6. The van der Waals surface area contributed by atoms with Crippen molar-refractivity contribution in [3.63, 3.8) is 0 Å². The molecule has 3 aromatic rings. The van der Waals surface area contributed by atoms with E-state index < -0.39 is 0 Å². The van der Waals surface area contributed by atoms with Crippen molar-refractivity contribution < 1.29 is 4.74 Å². The zero-order valence-corrected chi connectivity index (χ0v) is 15.4. The molecule has 1 fully saturated rings. The van der Waals surface area contributed by atoms with Crippen molar-refractivity contribution >= 4 is 17.4 Å². The van der Waals surface area contributed by atoms with Crippen LogP contribution >= 0.6 is 11.6 Å². The van der Waals surface area contributed by atoms with Gasteiger partial charge in [0.1, 0.15) is 11.4 Å². The molecule has 0 spiro atoms. The average Bonchev–Trinajstić information content (AvgIpc) is 3.23. The molecule has 1 aromatic carbocycles. The number of ether oxygens (including phenoxy) is 1. The monoisotopic (exact) mass is 382 g/mol. The molecule has 1 saturated heterocycles. The van der Waals surface area contributed by atoms with Gasteiger partial charge in [-0.2, -0.15) is 0 Å². The summed E-state index contributed by atoms with van der Waals surface area (Å²) in [5.74, 6) is 1.90. The van der Waals surface area contributed by atoms with Crippen molar-refractivity contribution in [2.45, 2.75) is 18.9 Å². The number of benzene rings is 1. The quantitative estimate of drug-likeness (QED) is 0.674. The fraction of sp³-hybridized carbons (Fsp3) is 0.263. The fourth-order valence-electron chi connectivity index (χ4n) is 2.89. The molecule has 0 amide bonds. The van der Waals surface area contributed by atoms with Crippen molar-refractivity contribution in [2.75, 3.05) is 18.4 Å². The highest BCUT2D eigenvalue weighted by Crippen LogP contribution is 2.32. The van der Waals surface area contributed by atoms with Gasteiger partial charge >= 0.3 is 0 Å². The van der Waals surface area contributed by atoms with Gasteiger partial charge in [0.05, 0.1) is 11.2 Å². The van der Waals surface area contributed by atoms with Crippen molar-refractivity contribution in [3.05, 3.63) is 53.9 Å². The summed E-state index contributed by atoms with van der Waals surface area (Å²) >= 11 is 6.24. The molecule has 4 rings (SSSR count). The van der Waals surface area contributed by atoms with Gasteiger partial charge in [0.25, 0.3) is 5.88 Å². The Bertz CT molecular complexity index is 902. The van der Waals surface area contributed by atoms with Gasteiger partial charge in [-0.3, -0.25) is 0 Å². The van der Waals surface area contributed by atoms with Crippen molar-refractivity contribution in [1.82, 2.24) is 25.3 Å². The van der Waals surface area contributed by atoms with Crippen LogP contribution in [0.2, 0.25) is 5.02 Å². The van der Waals surface area contributed by atoms with Gasteiger partial charge in [-0.25, -0.2) is 19.9 Å². The van der Waals surface area contributed by atoms with E-state index in [0.717, 1.165) is 19.5 Å². The third-order valence-corrected chi connectivity index (χ3v) is 4.57. The normalized spacial score (nSPS) is 16.3. The Kier molecular flexibility index (Phi) is 5.41. The number of para-hydroxylation sites is 1. The number of nitrogens with zero attached hydrogens (tertiary/aromatic N) is 4. The molecule has 0 saturated carbocycles. The van der Waals surface area contributed by atoms with E-state index in [4.69, 9.17) is 16.3 Å². The van der Waals surface area contributed by atoms with Gasteiger partial charge in [-0.15, -0.1) is 0 Å². The molecule has 2 N–H and O–H groups in total. The van der Waals surface area contributed by atoms with Crippen molar-refractivity contribution in [3.8, 4) is 23.1 Å². The van der Waals surface area contributed by atoms with Crippen LogP contribution in [0.4, 0.5) is 5.82 Å². The highest BCUT2D eigenvalue weighted by atomic mass is 35.5. The largest absolute Gasteiger partial charge is 0.434 e. The van der Waals surface area contributed by atoms with E-state index in [9.17, 15) is 0 Å². The molecule has 8 heteroatoms. The molecule has 1 aliphatic heterocycles. The Morgan fingerprint density at radius 2 is 2.00 bits per heavy atom. The zero-order valence-electron chi connectivity index (χ0n) is 14.6. The lowest BCUT2D eigenvalue weighted by Crippen LogP contribution is -2.29. The highest BCUT2D eigenvalue weighted by Gasteiger charge is 2.17. The highest BCUT2D eigenvalue weighted by molar-refractivity contribution is 6.32. The Labute approximate surface area is 162 Å². The minimum atomic E-state index is 0.339.